The molecule has 0 aliphatic heterocycles. The summed E-state index contributed by atoms with van der Waals surface area (Å²) in [5.74, 6) is 1.47. The number of ether oxygens (including phenoxy) is 1. The van der Waals surface area contributed by atoms with E-state index < -0.39 is 0 Å². The van der Waals surface area contributed by atoms with Crippen molar-refractivity contribution in [2.75, 3.05) is 6.61 Å². The van der Waals surface area contributed by atoms with E-state index >= 15 is 0 Å². The first-order valence-corrected chi connectivity index (χ1v) is 5.60. The van der Waals surface area contributed by atoms with Crippen molar-refractivity contribution >= 4 is 0 Å². The molecule has 1 aromatic carbocycles. The Morgan fingerprint density at radius 3 is 3.00 bits per heavy atom. The van der Waals surface area contributed by atoms with Crippen LogP contribution in [0.25, 0.3) is 0 Å². The van der Waals surface area contributed by atoms with Crippen LogP contribution in [0.15, 0.2) is 18.2 Å². The molecule has 0 radical (unpaired) electrons. The molecular formula is C13H18O2. The molecule has 0 amide bonds. The van der Waals surface area contributed by atoms with Crippen LogP contribution in [0.3, 0.4) is 0 Å². The minimum Gasteiger partial charge on any atom is -0.493 e. The number of rotatable bonds is 3. The van der Waals surface area contributed by atoms with Crippen LogP contribution in [0.1, 0.15) is 37.5 Å². The number of aliphatic hydroxyl groups is 1. The van der Waals surface area contributed by atoms with Gasteiger partial charge in [0.05, 0.1) is 12.7 Å². The first-order chi connectivity index (χ1) is 7.16. The first-order valence-electron chi connectivity index (χ1n) is 5.60. The van der Waals surface area contributed by atoms with Crippen molar-refractivity contribution in [1.29, 1.82) is 0 Å². The van der Waals surface area contributed by atoms with E-state index in [0.29, 0.717) is 5.92 Å². The fourth-order valence-corrected chi connectivity index (χ4v) is 1.92. The quantitative estimate of drug-likeness (QED) is 0.824. The Morgan fingerprint density at radius 2 is 2.27 bits per heavy atom. The molecule has 2 nitrogen and oxygen atoms in total. The van der Waals surface area contributed by atoms with Gasteiger partial charge >= 0.3 is 0 Å². The highest BCUT2D eigenvalue weighted by atomic mass is 16.5. The molecule has 0 bridgehead atoms. The number of benzene rings is 1. The van der Waals surface area contributed by atoms with Crippen molar-refractivity contribution in [3.8, 4) is 5.75 Å². The summed E-state index contributed by atoms with van der Waals surface area (Å²) in [4.78, 5) is 0. The van der Waals surface area contributed by atoms with Crippen molar-refractivity contribution in [1.82, 2.24) is 0 Å². The van der Waals surface area contributed by atoms with E-state index in [1.54, 1.807) is 0 Å². The minimum absolute atomic E-state index is 0.265. The number of aryl methyl sites for hydroxylation is 1. The summed E-state index contributed by atoms with van der Waals surface area (Å²) in [6.45, 7) is 5.02. The topological polar surface area (TPSA) is 29.5 Å². The molecule has 0 fully saturated rings. The summed E-state index contributed by atoms with van der Waals surface area (Å²) >= 11 is 0. The minimum atomic E-state index is -0.265. The highest BCUT2D eigenvalue weighted by Gasteiger charge is 2.20. The molecule has 1 aliphatic rings. The van der Waals surface area contributed by atoms with Gasteiger partial charge in [0.2, 0.25) is 0 Å². The SMILES string of the molecule is CC(C)COc1ccc2c(c1)CC[C@H]2O. The maximum atomic E-state index is 9.65. The van der Waals surface area contributed by atoms with E-state index in [9.17, 15) is 5.11 Å². The largest absolute Gasteiger partial charge is 0.493 e. The molecule has 2 heteroatoms. The highest BCUT2D eigenvalue weighted by Crippen LogP contribution is 2.33. The van der Waals surface area contributed by atoms with Gasteiger partial charge in [-0.3, -0.25) is 0 Å². The second-order valence-electron chi connectivity index (χ2n) is 4.62. The van der Waals surface area contributed by atoms with Gasteiger partial charge in [0.15, 0.2) is 0 Å². The third-order valence-corrected chi connectivity index (χ3v) is 2.74. The van der Waals surface area contributed by atoms with Crippen LogP contribution in [0.5, 0.6) is 5.75 Å². The molecule has 1 aromatic rings. The van der Waals surface area contributed by atoms with E-state index in [1.807, 2.05) is 12.1 Å². The lowest BCUT2D eigenvalue weighted by molar-refractivity contribution is 0.180. The molecule has 0 unspecified atom stereocenters. The smallest absolute Gasteiger partial charge is 0.119 e. The number of hydrogen-bond acceptors (Lipinski definition) is 2. The van der Waals surface area contributed by atoms with Gasteiger partial charge in [0.25, 0.3) is 0 Å². The molecule has 0 saturated carbocycles. The molecule has 2 rings (SSSR count). The summed E-state index contributed by atoms with van der Waals surface area (Å²) in [6.07, 6.45) is 1.55. The van der Waals surface area contributed by atoms with Crippen LogP contribution in [0.2, 0.25) is 0 Å². The number of hydrogen-bond donors (Lipinski definition) is 1. The normalized spacial score (nSPS) is 19.3. The van der Waals surface area contributed by atoms with Crippen molar-refractivity contribution in [3.05, 3.63) is 29.3 Å². The molecular weight excluding hydrogens is 188 g/mol. The molecule has 15 heavy (non-hydrogen) atoms. The van der Waals surface area contributed by atoms with Crippen molar-refractivity contribution in [3.63, 3.8) is 0 Å². The van der Waals surface area contributed by atoms with Gasteiger partial charge in [0.1, 0.15) is 5.75 Å². The van der Waals surface area contributed by atoms with Gasteiger partial charge in [-0.25, -0.2) is 0 Å². The molecule has 82 valence electrons. The zero-order valence-corrected chi connectivity index (χ0v) is 9.36. The van der Waals surface area contributed by atoms with Crippen LogP contribution >= 0.6 is 0 Å². The van der Waals surface area contributed by atoms with Crippen LogP contribution in [0.4, 0.5) is 0 Å². The monoisotopic (exact) mass is 206 g/mol. The second kappa shape index (κ2) is 4.23. The Morgan fingerprint density at radius 1 is 1.47 bits per heavy atom. The molecule has 1 atom stereocenters. The van der Waals surface area contributed by atoms with Crippen molar-refractivity contribution in [2.24, 2.45) is 5.92 Å². The Bertz CT molecular complexity index is 344. The third kappa shape index (κ3) is 2.32. The maximum absolute atomic E-state index is 9.65. The third-order valence-electron chi connectivity index (χ3n) is 2.74. The van der Waals surface area contributed by atoms with E-state index in [-0.39, 0.29) is 6.10 Å². The zero-order valence-electron chi connectivity index (χ0n) is 9.36. The van der Waals surface area contributed by atoms with E-state index in [2.05, 4.69) is 19.9 Å². The van der Waals surface area contributed by atoms with E-state index in [0.717, 1.165) is 30.8 Å². The molecule has 0 saturated heterocycles. The number of aliphatic hydroxyl groups excluding tert-OH is 1. The van der Waals surface area contributed by atoms with Crippen molar-refractivity contribution in [2.45, 2.75) is 32.8 Å². The standard InChI is InChI=1S/C13H18O2/c1-9(2)8-15-11-4-5-12-10(7-11)3-6-13(12)14/h4-5,7,9,13-14H,3,6,8H2,1-2H3/t13-/m1/s1. The molecule has 1 N–H and O–H groups in total. The van der Waals surface area contributed by atoms with E-state index in [1.165, 1.54) is 5.56 Å². The zero-order chi connectivity index (χ0) is 10.8. The van der Waals surface area contributed by atoms with Crippen LogP contribution in [-0.4, -0.2) is 11.7 Å². The van der Waals surface area contributed by atoms with Gasteiger partial charge in [-0.05, 0) is 42.0 Å². The average molecular weight is 206 g/mol. The van der Waals surface area contributed by atoms with Gasteiger partial charge in [-0.15, -0.1) is 0 Å². The summed E-state index contributed by atoms with van der Waals surface area (Å²) < 4.78 is 5.65. The van der Waals surface area contributed by atoms with Crippen LogP contribution in [0, 0.1) is 5.92 Å². The summed E-state index contributed by atoms with van der Waals surface area (Å²) in [5.41, 5.74) is 2.32. The lowest BCUT2D eigenvalue weighted by atomic mass is 10.1. The predicted octanol–water partition coefficient (Wildman–Crippen LogP) is 2.70. The average Bonchev–Trinajstić information content (AvgIpc) is 2.57. The number of fused-ring (bicyclic) bond motifs is 1. The van der Waals surface area contributed by atoms with E-state index in [4.69, 9.17) is 4.74 Å². The van der Waals surface area contributed by atoms with Gasteiger partial charge < -0.3 is 9.84 Å². The molecule has 0 heterocycles. The van der Waals surface area contributed by atoms with Crippen LogP contribution < -0.4 is 4.74 Å². The Hall–Kier alpha value is -1.02. The van der Waals surface area contributed by atoms with Gasteiger partial charge in [-0.1, -0.05) is 19.9 Å². The van der Waals surface area contributed by atoms with Gasteiger partial charge in [-0.2, -0.15) is 0 Å². The Labute approximate surface area is 90.9 Å². The highest BCUT2D eigenvalue weighted by molar-refractivity contribution is 5.39. The Kier molecular flexibility index (Phi) is 2.96. The maximum Gasteiger partial charge on any atom is 0.119 e. The fourth-order valence-electron chi connectivity index (χ4n) is 1.92. The predicted molar refractivity (Wildman–Crippen MR) is 60.1 cm³/mol. The first kappa shape index (κ1) is 10.5. The molecule has 0 spiro atoms. The molecule has 1 aliphatic carbocycles. The fraction of sp³-hybridized carbons (Fsp3) is 0.538. The Balaban J connectivity index is 2.09. The lowest BCUT2D eigenvalue weighted by Gasteiger charge is -2.10. The van der Waals surface area contributed by atoms with Crippen molar-refractivity contribution < 1.29 is 9.84 Å². The summed E-state index contributed by atoms with van der Waals surface area (Å²) in [6, 6.07) is 6.01. The summed E-state index contributed by atoms with van der Waals surface area (Å²) in [7, 11) is 0. The summed E-state index contributed by atoms with van der Waals surface area (Å²) in [5, 5.41) is 9.65. The van der Waals surface area contributed by atoms with Gasteiger partial charge in [0, 0.05) is 0 Å². The molecule has 0 aromatic heterocycles. The second-order valence-corrected chi connectivity index (χ2v) is 4.62. The van der Waals surface area contributed by atoms with Crippen LogP contribution in [-0.2, 0) is 6.42 Å². The lowest BCUT2D eigenvalue weighted by Crippen LogP contribution is -2.04.